The standard InChI is InChI=1S/C38H52N10O7S2/c39-25(14-17-56)36(53)48-16-7-13-31(48)35(52)46-28(18-22-8-2-1-3-9-22)33(50)44-27(12-6-15-42-38(40)41)32(49)45-29(34(51)47-30(21-57)37(54)55)19-23-20-43-26-11-5-4-10-24(23)26/h1-5,8-11,20,25,27-31,43,56-57H,6-7,12-19,21,39H2,(H,44,50)(H,45,49)(H,46,52)(H,47,51)(H,54,55)(H4,40,41,42)/t25-,27-,28+,29-,30-,31+/m0/s1. The Hall–Kier alpha value is -5.27. The summed E-state index contributed by atoms with van der Waals surface area (Å²) in [7, 11) is 0. The molecule has 0 bridgehead atoms. The predicted molar refractivity (Wildman–Crippen MR) is 222 cm³/mol. The molecule has 1 aliphatic rings. The lowest BCUT2D eigenvalue weighted by Gasteiger charge is -2.29. The maximum Gasteiger partial charge on any atom is 0.327 e. The number of amides is 5. The molecule has 0 unspecified atom stereocenters. The number of hydrogen-bond acceptors (Lipinski definition) is 10. The van der Waals surface area contributed by atoms with Crippen LogP contribution in [0, 0.1) is 5.41 Å². The van der Waals surface area contributed by atoms with Crippen molar-refractivity contribution in [2.75, 3.05) is 24.6 Å². The molecule has 0 spiro atoms. The number of fused-ring (bicyclic) bond motifs is 1. The molecule has 12 N–H and O–H groups in total. The number of thiol groups is 2. The van der Waals surface area contributed by atoms with Crippen molar-refractivity contribution in [2.45, 2.75) is 81.2 Å². The second-order valence-corrected chi connectivity index (χ2v) is 14.6. The van der Waals surface area contributed by atoms with Gasteiger partial charge in [0.15, 0.2) is 5.96 Å². The molecule has 1 aromatic heterocycles. The van der Waals surface area contributed by atoms with Crippen molar-refractivity contribution in [3.63, 3.8) is 0 Å². The summed E-state index contributed by atoms with van der Waals surface area (Å²) in [6.45, 7) is 0.513. The summed E-state index contributed by atoms with van der Waals surface area (Å²) in [4.78, 5) is 85.3. The highest BCUT2D eigenvalue weighted by atomic mass is 32.1. The summed E-state index contributed by atoms with van der Waals surface area (Å²) in [6, 6.07) is 9.53. The van der Waals surface area contributed by atoms with E-state index in [2.05, 4.69) is 56.8 Å². The van der Waals surface area contributed by atoms with Crippen LogP contribution in [-0.2, 0) is 41.6 Å². The summed E-state index contributed by atoms with van der Waals surface area (Å²) in [5.41, 5.74) is 13.7. The van der Waals surface area contributed by atoms with Gasteiger partial charge in [-0.3, -0.25) is 29.4 Å². The van der Waals surface area contributed by atoms with Crippen molar-refractivity contribution in [2.24, 2.45) is 11.5 Å². The van der Waals surface area contributed by atoms with Crippen LogP contribution in [0.4, 0.5) is 0 Å². The molecule has 5 amide bonds. The van der Waals surface area contributed by atoms with Gasteiger partial charge in [-0.15, -0.1) is 0 Å². The lowest BCUT2D eigenvalue weighted by molar-refractivity contribution is -0.141. The van der Waals surface area contributed by atoms with E-state index in [0.29, 0.717) is 42.7 Å². The Labute approximate surface area is 341 Å². The number of aliphatic carboxylic acids is 1. The molecule has 0 saturated carbocycles. The zero-order valence-electron chi connectivity index (χ0n) is 31.4. The third-order valence-electron chi connectivity index (χ3n) is 9.66. The van der Waals surface area contributed by atoms with Gasteiger partial charge < -0.3 is 53.0 Å². The molecule has 2 aromatic carbocycles. The Kier molecular flexibility index (Phi) is 17.1. The number of carboxylic acids is 1. The van der Waals surface area contributed by atoms with Gasteiger partial charge in [-0.05, 0) is 55.1 Å². The first kappa shape index (κ1) is 44.4. The zero-order chi connectivity index (χ0) is 41.5. The number of para-hydroxylation sites is 1. The van der Waals surface area contributed by atoms with Gasteiger partial charge in [0.2, 0.25) is 29.5 Å². The summed E-state index contributed by atoms with van der Waals surface area (Å²) >= 11 is 8.22. The molecule has 1 aliphatic heterocycles. The van der Waals surface area contributed by atoms with Gasteiger partial charge in [-0.1, -0.05) is 48.5 Å². The van der Waals surface area contributed by atoms with Crippen molar-refractivity contribution < 1.29 is 33.9 Å². The number of guanidine groups is 1. The van der Waals surface area contributed by atoms with Crippen LogP contribution < -0.4 is 38.1 Å². The third-order valence-corrected chi connectivity index (χ3v) is 10.3. The number of aromatic amines is 1. The lowest BCUT2D eigenvalue weighted by Crippen LogP contribution is -2.59. The number of aromatic nitrogens is 1. The highest BCUT2D eigenvalue weighted by molar-refractivity contribution is 7.80. The van der Waals surface area contributed by atoms with Gasteiger partial charge in [0.1, 0.15) is 30.2 Å². The lowest BCUT2D eigenvalue weighted by atomic mass is 10.0. The second kappa shape index (κ2) is 21.9. The van der Waals surface area contributed by atoms with Crippen LogP contribution in [0.2, 0.25) is 0 Å². The van der Waals surface area contributed by atoms with Crippen LogP contribution in [0.25, 0.3) is 10.9 Å². The van der Waals surface area contributed by atoms with Gasteiger partial charge in [0, 0.05) is 48.8 Å². The molecule has 308 valence electrons. The topological polar surface area (TPSA) is 278 Å². The van der Waals surface area contributed by atoms with Crippen LogP contribution in [0.3, 0.4) is 0 Å². The van der Waals surface area contributed by atoms with Crippen LogP contribution in [0.15, 0.2) is 60.8 Å². The minimum atomic E-state index is -1.34. The highest BCUT2D eigenvalue weighted by Crippen LogP contribution is 2.21. The summed E-state index contributed by atoms with van der Waals surface area (Å²) in [6.07, 6.45) is 3.25. The smallest absolute Gasteiger partial charge is 0.327 e. The van der Waals surface area contributed by atoms with E-state index in [0.717, 1.165) is 10.9 Å². The van der Waals surface area contributed by atoms with Crippen molar-refractivity contribution in [1.29, 1.82) is 5.41 Å². The monoisotopic (exact) mass is 824 g/mol. The van der Waals surface area contributed by atoms with Crippen LogP contribution in [-0.4, -0.2) is 117 Å². The molecular weight excluding hydrogens is 773 g/mol. The largest absolute Gasteiger partial charge is 0.480 e. The SMILES string of the molecule is N=C(N)NCCC[C@H](NC(=O)[C@@H](Cc1ccccc1)NC(=O)[C@H]1CCCN1C(=O)[C@@H](N)CCS)C(=O)N[C@@H](Cc1c[nH]c2ccccc12)C(=O)N[C@@H](CS)C(=O)O. The zero-order valence-corrected chi connectivity index (χ0v) is 33.2. The summed E-state index contributed by atoms with van der Waals surface area (Å²) in [5, 5.41) is 31.3. The van der Waals surface area contributed by atoms with Crippen molar-refractivity contribution in [3.8, 4) is 0 Å². The molecule has 0 radical (unpaired) electrons. The van der Waals surface area contributed by atoms with E-state index in [1.54, 1.807) is 36.5 Å². The third kappa shape index (κ3) is 12.9. The van der Waals surface area contributed by atoms with E-state index in [1.165, 1.54) is 4.90 Å². The van der Waals surface area contributed by atoms with Crippen LogP contribution in [0.1, 0.15) is 43.2 Å². The predicted octanol–water partition coefficient (Wildman–Crippen LogP) is -0.192. The molecular formula is C38H52N10O7S2. The Morgan fingerprint density at radius 1 is 0.860 bits per heavy atom. The fourth-order valence-corrected chi connectivity index (χ4v) is 7.16. The van der Waals surface area contributed by atoms with E-state index < -0.39 is 65.8 Å². The fourth-order valence-electron chi connectivity index (χ4n) is 6.64. The number of rotatable bonds is 21. The molecule has 3 aromatic rings. The van der Waals surface area contributed by atoms with E-state index in [-0.39, 0.29) is 49.8 Å². The van der Waals surface area contributed by atoms with E-state index >= 15 is 0 Å². The molecule has 1 saturated heterocycles. The Balaban J connectivity index is 1.60. The molecule has 1 fully saturated rings. The molecule has 0 aliphatic carbocycles. The van der Waals surface area contributed by atoms with Crippen molar-refractivity contribution in [3.05, 3.63) is 71.9 Å². The Morgan fingerprint density at radius 3 is 2.16 bits per heavy atom. The molecule has 4 rings (SSSR count). The van der Waals surface area contributed by atoms with Crippen LogP contribution >= 0.6 is 25.3 Å². The van der Waals surface area contributed by atoms with Gasteiger partial charge in [0.05, 0.1) is 6.04 Å². The summed E-state index contributed by atoms with van der Waals surface area (Å²) < 4.78 is 0. The van der Waals surface area contributed by atoms with Gasteiger partial charge in [0.25, 0.3) is 0 Å². The Morgan fingerprint density at radius 2 is 1.49 bits per heavy atom. The number of nitrogens with zero attached hydrogens (tertiary/aromatic N) is 1. The quantitative estimate of drug-likeness (QED) is 0.0291. The average molecular weight is 825 g/mol. The number of carbonyl (C=O) groups excluding carboxylic acids is 5. The van der Waals surface area contributed by atoms with E-state index in [9.17, 15) is 33.9 Å². The fraction of sp³-hybridized carbons (Fsp3) is 0.447. The van der Waals surface area contributed by atoms with Crippen molar-refractivity contribution in [1.82, 2.24) is 36.5 Å². The number of likely N-dealkylation sites (tertiary alicyclic amines) is 1. The summed E-state index contributed by atoms with van der Waals surface area (Å²) in [5.74, 6) is -4.57. The Bertz CT molecular complexity index is 1880. The number of nitrogens with one attached hydrogen (secondary N) is 7. The maximum absolute atomic E-state index is 14.2. The van der Waals surface area contributed by atoms with Gasteiger partial charge in [-0.25, -0.2) is 4.79 Å². The normalized spacial score (nSPS) is 16.4. The van der Waals surface area contributed by atoms with Gasteiger partial charge >= 0.3 is 5.97 Å². The molecule has 57 heavy (non-hydrogen) atoms. The minimum absolute atomic E-state index is 0.0214. The number of carbonyl (C=O) groups is 6. The number of H-pyrrole nitrogens is 1. The molecule has 17 nitrogen and oxygen atoms in total. The van der Waals surface area contributed by atoms with Crippen LogP contribution in [0.5, 0.6) is 0 Å². The first-order valence-corrected chi connectivity index (χ1v) is 20.0. The minimum Gasteiger partial charge on any atom is -0.480 e. The maximum atomic E-state index is 14.2. The van der Waals surface area contributed by atoms with Gasteiger partial charge in [-0.2, -0.15) is 25.3 Å². The number of carboxylic acid groups (broad SMARTS) is 1. The van der Waals surface area contributed by atoms with Crippen molar-refractivity contribution >= 4 is 77.6 Å². The average Bonchev–Trinajstić information content (AvgIpc) is 3.85. The number of hydrogen-bond donors (Lipinski definition) is 12. The molecule has 19 heteroatoms. The van der Waals surface area contributed by atoms with E-state index in [1.807, 2.05) is 24.3 Å². The first-order valence-electron chi connectivity index (χ1n) is 18.7. The second-order valence-electron chi connectivity index (χ2n) is 13.8. The number of nitrogens with two attached hydrogens (primary N) is 2. The highest BCUT2D eigenvalue weighted by Gasteiger charge is 2.38. The number of benzene rings is 2. The van der Waals surface area contributed by atoms with E-state index in [4.69, 9.17) is 16.9 Å². The molecule has 2 heterocycles. The molecule has 6 atom stereocenters. The first-order chi connectivity index (χ1) is 27.3.